The Labute approximate surface area is 101 Å². The molecule has 1 N–H and O–H groups in total. The summed E-state index contributed by atoms with van der Waals surface area (Å²) in [6.07, 6.45) is 0. The van der Waals surface area contributed by atoms with Crippen LogP contribution >= 0.6 is 0 Å². The van der Waals surface area contributed by atoms with Crippen molar-refractivity contribution in [3.8, 4) is 22.9 Å². The lowest BCUT2D eigenvalue weighted by atomic mass is 9.97. The van der Waals surface area contributed by atoms with Gasteiger partial charge in [-0.2, -0.15) is 5.26 Å². The van der Waals surface area contributed by atoms with Gasteiger partial charge in [0.15, 0.2) is 0 Å². The highest BCUT2D eigenvalue weighted by Gasteiger charge is 2.06. The predicted molar refractivity (Wildman–Crippen MR) is 67.7 cm³/mol. The Morgan fingerprint density at radius 1 is 1.06 bits per heavy atom. The number of phenols is 1. The van der Waals surface area contributed by atoms with Gasteiger partial charge in [0.1, 0.15) is 11.8 Å². The summed E-state index contributed by atoms with van der Waals surface area (Å²) in [4.78, 5) is 0. The van der Waals surface area contributed by atoms with Crippen molar-refractivity contribution in [2.24, 2.45) is 0 Å². The summed E-state index contributed by atoms with van der Waals surface area (Å²) in [5, 5.41) is 18.4. The lowest BCUT2D eigenvalue weighted by Gasteiger charge is -2.08. The monoisotopic (exact) mass is 223 g/mol. The second-order valence-corrected chi connectivity index (χ2v) is 4.16. The molecule has 84 valence electrons. The minimum absolute atomic E-state index is 0.0292. The molecular weight excluding hydrogens is 210 g/mol. The summed E-state index contributed by atoms with van der Waals surface area (Å²) in [6.45, 7) is 4.07. The van der Waals surface area contributed by atoms with E-state index in [1.165, 1.54) is 5.56 Å². The molecule has 0 radical (unpaired) electrons. The molecule has 0 aliphatic heterocycles. The number of nitriles is 1. The molecule has 0 spiro atoms. The van der Waals surface area contributed by atoms with E-state index in [9.17, 15) is 5.11 Å². The molecule has 0 unspecified atom stereocenters. The molecule has 0 saturated heterocycles. The van der Waals surface area contributed by atoms with Gasteiger partial charge in [-0.25, -0.2) is 0 Å². The molecule has 2 aromatic carbocycles. The molecule has 17 heavy (non-hydrogen) atoms. The van der Waals surface area contributed by atoms with Crippen LogP contribution in [0.1, 0.15) is 16.7 Å². The summed E-state index contributed by atoms with van der Waals surface area (Å²) >= 11 is 0. The van der Waals surface area contributed by atoms with Gasteiger partial charge < -0.3 is 5.11 Å². The predicted octanol–water partition coefficient (Wildman–Crippen LogP) is 3.55. The van der Waals surface area contributed by atoms with E-state index in [0.717, 1.165) is 16.7 Å². The van der Waals surface area contributed by atoms with Crippen LogP contribution in [-0.2, 0) is 0 Å². The van der Waals surface area contributed by atoms with Crippen LogP contribution in [0.15, 0.2) is 36.4 Å². The van der Waals surface area contributed by atoms with Crippen LogP contribution in [0.5, 0.6) is 5.75 Å². The fourth-order valence-electron chi connectivity index (χ4n) is 1.84. The molecule has 0 aliphatic carbocycles. The van der Waals surface area contributed by atoms with Crippen LogP contribution in [0.3, 0.4) is 0 Å². The van der Waals surface area contributed by atoms with Crippen LogP contribution in [0, 0.1) is 25.2 Å². The molecular formula is C15H13NO. The Morgan fingerprint density at radius 2 is 1.82 bits per heavy atom. The first-order valence-electron chi connectivity index (χ1n) is 5.42. The molecule has 0 saturated carbocycles. The normalized spacial score (nSPS) is 9.94. The first kappa shape index (κ1) is 11.2. The third kappa shape index (κ3) is 2.14. The fourth-order valence-corrected chi connectivity index (χ4v) is 1.84. The number of benzene rings is 2. The minimum atomic E-state index is 0.0292. The highest BCUT2D eigenvalue weighted by molar-refractivity contribution is 5.70. The first-order valence-corrected chi connectivity index (χ1v) is 5.42. The Kier molecular flexibility index (Phi) is 2.84. The molecule has 0 amide bonds. The molecule has 2 heteroatoms. The van der Waals surface area contributed by atoms with Gasteiger partial charge in [-0.1, -0.05) is 29.8 Å². The number of aromatic hydroxyl groups is 1. The minimum Gasteiger partial charge on any atom is -0.507 e. The zero-order chi connectivity index (χ0) is 12.4. The maximum absolute atomic E-state index is 9.48. The molecule has 0 fully saturated rings. The highest BCUT2D eigenvalue weighted by Crippen LogP contribution is 2.28. The van der Waals surface area contributed by atoms with E-state index < -0.39 is 0 Å². The van der Waals surface area contributed by atoms with Crippen molar-refractivity contribution in [2.45, 2.75) is 13.8 Å². The van der Waals surface area contributed by atoms with Crippen LogP contribution in [0.4, 0.5) is 0 Å². The van der Waals surface area contributed by atoms with Crippen molar-refractivity contribution >= 4 is 0 Å². The maximum Gasteiger partial charge on any atom is 0.133 e. The van der Waals surface area contributed by atoms with Crippen molar-refractivity contribution < 1.29 is 5.11 Å². The van der Waals surface area contributed by atoms with Gasteiger partial charge in [-0.05, 0) is 42.7 Å². The van der Waals surface area contributed by atoms with E-state index in [4.69, 9.17) is 5.26 Å². The molecule has 2 nitrogen and oxygen atoms in total. The van der Waals surface area contributed by atoms with Gasteiger partial charge in [-0.15, -0.1) is 0 Å². The van der Waals surface area contributed by atoms with Crippen LogP contribution < -0.4 is 0 Å². The lowest BCUT2D eigenvalue weighted by Crippen LogP contribution is -1.86. The number of rotatable bonds is 1. The summed E-state index contributed by atoms with van der Waals surface area (Å²) in [6, 6.07) is 13.3. The van der Waals surface area contributed by atoms with E-state index in [0.29, 0.717) is 5.56 Å². The van der Waals surface area contributed by atoms with Gasteiger partial charge in [0.2, 0.25) is 0 Å². The van der Waals surface area contributed by atoms with E-state index >= 15 is 0 Å². The molecule has 0 aromatic heterocycles. The fraction of sp³-hybridized carbons (Fsp3) is 0.133. The zero-order valence-electron chi connectivity index (χ0n) is 9.86. The van der Waals surface area contributed by atoms with Gasteiger partial charge >= 0.3 is 0 Å². The number of aryl methyl sites for hydroxylation is 2. The quantitative estimate of drug-likeness (QED) is 0.803. The molecule has 2 aromatic rings. The summed E-state index contributed by atoms with van der Waals surface area (Å²) in [5.41, 5.74) is 4.70. The molecule has 0 bridgehead atoms. The van der Waals surface area contributed by atoms with E-state index in [2.05, 4.69) is 18.2 Å². The van der Waals surface area contributed by atoms with E-state index in [1.807, 2.05) is 26.0 Å². The maximum atomic E-state index is 9.48. The topological polar surface area (TPSA) is 44.0 Å². The van der Waals surface area contributed by atoms with Gasteiger partial charge in [0, 0.05) is 0 Å². The summed E-state index contributed by atoms with van der Waals surface area (Å²) < 4.78 is 0. The van der Waals surface area contributed by atoms with Crippen LogP contribution in [0.25, 0.3) is 11.1 Å². The van der Waals surface area contributed by atoms with Crippen molar-refractivity contribution in [1.82, 2.24) is 0 Å². The Hall–Kier alpha value is -2.27. The largest absolute Gasteiger partial charge is 0.507 e. The molecule has 0 aliphatic rings. The molecule has 0 atom stereocenters. The lowest BCUT2D eigenvalue weighted by molar-refractivity contribution is 0.473. The van der Waals surface area contributed by atoms with Gasteiger partial charge in [-0.3, -0.25) is 0 Å². The Bertz CT molecular complexity index is 609. The first-order chi connectivity index (χ1) is 8.11. The zero-order valence-corrected chi connectivity index (χ0v) is 9.86. The highest BCUT2D eigenvalue weighted by atomic mass is 16.3. The van der Waals surface area contributed by atoms with E-state index in [1.54, 1.807) is 12.1 Å². The Morgan fingerprint density at radius 3 is 2.53 bits per heavy atom. The second kappa shape index (κ2) is 4.31. The second-order valence-electron chi connectivity index (χ2n) is 4.16. The van der Waals surface area contributed by atoms with E-state index in [-0.39, 0.29) is 5.75 Å². The van der Waals surface area contributed by atoms with Crippen LogP contribution in [-0.4, -0.2) is 5.11 Å². The third-order valence-corrected chi connectivity index (χ3v) is 2.82. The van der Waals surface area contributed by atoms with Crippen molar-refractivity contribution in [3.63, 3.8) is 0 Å². The average Bonchev–Trinajstić information content (AvgIpc) is 2.33. The molecule has 0 heterocycles. The number of hydrogen-bond donors (Lipinski definition) is 1. The number of nitrogens with zero attached hydrogens (tertiary/aromatic N) is 1. The summed E-state index contributed by atoms with van der Waals surface area (Å²) in [7, 11) is 0. The summed E-state index contributed by atoms with van der Waals surface area (Å²) in [5.74, 6) is 0.0292. The van der Waals surface area contributed by atoms with Crippen molar-refractivity contribution in [3.05, 3.63) is 53.1 Å². The molecule has 2 rings (SSSR count). The van der Waals surface area contributed by atoms with Gasteiger partial charge in [0.25, 0.3) is 0 Å². The number of hydrogen-bond acceptors (Lipinski definition) is 2. The standard InChI is InChI=1S/C15H13NO/c1-10-3-4-11(2)14(7-10)12-5-6-15(17)13(8-12)9-16/h3-8,17H,1-2H3. The third-order valence-electron chi connectivity index (χ3n) is 2.82. The Balaban J connectivity index is 2.61. The van der Waals surface area contributed by atoms with Crippen LogP contribution in [0.2, 0.25) is 0 Å². The smallest absolute Gasteiger partial charge is 0.133 e. The SMILES string of the molecule is Cc1ccc(C)c(-c2ccc(O)c(C#N)c2)c1. The van der Waals surface area contributed by atoms with Gasteiger partial charge in [0.05, 0.1) is 5.56 Å². The number of phenolic OH excluding ortho intramolecular Hbond substituents is 1. The average molecular weight is 223 g/mol. The van der Waals surface area contributed by atoms with Crippen molar-refractivity contribution in [1.29, 1.82) is 5.26 Å². The van der Waals surface area contributed by atoms with Crippen molar-refractivity contribution in [2.75, 3.05) is 0 Å².